The number of rotatable bonds is 7. The first-order valence-corrected chi connectivity index (χ1v) is 13.4. The monoisotopic (exact) mass is 535 g/mol. The van der Waals surface area contributed by atoms with Gasteiger partial charge >= 0.3 is 0 Å². The molecule has 0 radical (unpaired) electrons. The molecule has 0 saturated carbocycles. The van der Waals surface area contributed by atoms with Crippen molar-refractivity contribution in [2.45, 2.75) is 49.9 Å². The van der Waals surface area contributed by atoms with Gasteiger partial charge in [0.05, 0.1) is 53.5 Å². The number of benzene rings is 3. The minimum Gasteiger partial charge on any atom is -0.494 e. The van der Waals surface area contributed by atoms with Crippen LogP contribution in [0.5, 0.6) is 5.75 Å². The highest BCUT2D eigenvalue weighted by Crippen LogP contribution is 2.68. The molecule has 3 fully saturated rings. The van der Waals surface area contributed by atoms with Crippen LogP contribution >= 0.6 is 0 Å². The zero-order valence-electron chi connectivity index (χ0n) is 22.6. The highest BCUT2D eigenvalue weighted by Gasteiger charge is 2.81. The number of fused-ring (bicyclic) bond motifs is 6. The van der Waals surface area contributed by atoms with Crippen molar-refractivity contribution in [3.05, 3.63) is 77.6 Å². The molecule has 3 aliphatic rings. The lowest BCUT2D eigenvalue weighted by Gasteiger charge is -2.45. The molecule has 0 N–H and O–H groups in total. The van der Waals surface area contributed by atoms with Crippen molar-refractivity contribution in [3.63, 3.8) is 0 Å². The molecule has 2 bridgehead atoms. The Morgan fingerprint density at radius 2 is 1.77 bits per heavy atom. The molecule has 40 heavy (non-hydrogen) atoms. The van der Waals surface area contributed by atoms with Gasteiger partial charge in [-0.25, -0.2) is 9.74 Å². The van der Waals surface area contributed by atoms with Crippen LogP contribution in [-0.2, 0) is 19.1 Å². The van der Waals surface area contributed by atoms with Crippen LogP contribution in [0.25, 0.3) is 15.6 Å². The quantitative estimate of drug-likeness (QED) is 0.290. The first kappa shape index (κ1) is 26.0. The van der Waals surface area contributed by atoms with E-state index in [1.54, 1.807) is 43.5 Å². The van der Waals surface area contributed by atoms with Crippen molar-refractivity contribution in [1.29, 1.82) is 5.26 Å². The van der Waals surface area contributed by atoms with Crippen molar-refractivity contribution in [1.82, 2.24) is 0 Å². The fourth-order valence-electron chi connectivity index (χ4n) is 7.44. The van der Waals surface area contributed by atoms with Gasteiger partial charge in [-0.15, -0.1) is 0 Å². The van der Waals surface area contributed by atoms with Crippen LogP contribution in [0.4, 0.5) is 11.4 Å². The molecule has 3 aromatic carbocycles. The summed E-state index contributed by atoms with van der Waals surface area (Å²) in [5.41, 5.74) is -1.22. The fourth-order valence-corrected chi connectivity index (χ4v) is 7.44. The third kappa shape index (κ3) is 3.37. The SMILES string of the molecule is [C-]#[N+]c1ccc(OCCC23C[C@](C)(OC)C(CC)(O2)[C@@H]2C(=O)N(c4ccc(C#N)c5ccccc45)C(=O)[C@@H]23)cc1. The zero-order valence-corrected chi connectivity index (χ0v) is 22.6. The molecular weight excluding hydrogens is 506 g/mol. The van der Waals surface area contributed by atoms with Gasteiger partial charge in [0.15, 0.2) is 5.69 Å². The van der Waals surface area contributed by atoms with Crippen LogP contribution in [0.15, 0.2) is 60.7 Å². The molecule has 0 aromatic heterocycles. The Balaban J connectivity index is 1.40. The highest BCUT2D eigenvalue weighted by molar-refractivity contribution is 6.26. The fraction of sp³-hybridized carbons (Fsp3) is 0.375. The second-order valence-electron chi connectivity index (χ2n) is 11.0. The molecule has 8 nitrogen and oxygen atoms in total. The normalized spacial score (nSPS) is 30.4. The molecule has 8 heteroatoms. The van der Waals surface area contributed by atoms with E-state index in [4.69, 9.17) is 20.8 Å². The van der Waals surface area contributed by atoms with Crippen LogP contribution in [0.1, 0.15) is 38.7 Å². The Kier molecular flexibility index (Phi) is 5.96. The average Bonchev–Trinajstić information content (AvgIpc) is 3.54. The van der Waals surface area contributed by atoms with Gasteiger partial charge in [0, 0.05) is 30.7 Å². The van der Waals surface area contributed by atoms with E-state index in [-0.39, 0.29) is 18.4 Å². The van der Waals surface area contributed by atoms with E-state index in [0.717, 1.165) is 0 Å². The number of ether oxygens (including phenoxy) is 3. The predicted octanol–water partition coefficient (Wildman–Crippen LogP) is 5.56. The number of imide groups is 1. The molecule has 3 aliphatic heterocycles. The van der Waals surface area contributed by atoms with Crippen molar-refractivity contribution < 1.29 is 23.8 Å². The summed E-state index contributed by atoms with van der Waals surface area (Å²) in [4.78, 5) is 33.3. The molecule has 0 aliphatic carbocycles. The van der Waals surface area contributed by atoms with Gasteiger partial charge in [0.1, 0.15) is 11.4 Å². The number of nitrogens with zero attached hydrogens (tertiary/aromatic N) is 3. The molecule has 5 atom stereocenters. The Morgan fingerprint density at radius 3 is 2.42 bits per heavy atom. The maximum atomic E-state index is 14.3. The molecular formula is C32H29N3O5. The van der Waals surface area contributed by atoms with Crippen molar-refractivity contribution in [3.8, 4) is 11.8 Å². The first-order valence-electron chi connectivity index (χ1n) is 13.4. The zero-order chi connectivity index (χ0) is 28.3. The maximum Gasteiger partial charge on any atom is 0.240 e. The number of amides is 2. The van der Waals surface area contributed by atoms with E-state index >= 15 is 0 Å². The predicted molar refractivity (Wildman–Crippen MR) is 148 cm³/mol. The van der Waals surface area contributed by atoms with Crippen molar-refractivity contribution >= 4 is 34.0 Å². The van der Waals surface area contributed by atoms with Crippen LogP contribution in [0.2, 0.25) is 0 Å². The summed E-state index contributed by atoms with van der Waals surface area (Å²) in [7, 11) is 1.63. The molecule has 0 spiro atoms. The maximum absolute atomic E-state index is 14.3. The molecule has 3 aromatic rings. The first-order chi connectivity index (χ1) is 19.3. The second-order valence-corrected chi connectivity index (χ2v) is 11.0. The van der Waals surface area contributed by atoms with Gasteiger partial charge in [-0.3, -0.25) is 9.59 Å². The van der Waals surface area contributed by atoms with E-state index < -0.39 is 28.6 Å². The van der Waals surface area contributed by atoms with Crippen LogP contribution in [0.3, 0.4) is 0 Å². The van der Waals surface area contributed by atoms with Crippen LogP contribution in [0, 0.1) is 29.7 Å². The Bertz CT molecular complexity index is 1620. The number of carbonyl (C=O) groups excluding carboxylic acids is 2. The summed E-state index contributed by atoms with van der Waals surface area (Å²) in [5, 5.41) is 11.0. The standard InChI is InChI=1S/C32H29N3O5/c1-5-32-27-26(28(36)35(29(27)37)25-15-10-20(18-33)23-8-6-7-9-24(23)25)31(40-32,19-30(32,2)38-4)16-17-39-22-13-11-21(34-3)12-14-22/h6-15,26-27H,5,16-17,19H2,1-2,4H3/t26-,27+,30+,31?,32?/m1/s1. The molecule has 6 rings (SSSR count). The average molecular weight is 536 g/mol. The second kappa shape index (κ2) is 9.16. The molecule has 3 saturated heterocycles. The minimum absolute atomic E-state index is 0.265. The van der Waals surface area contributed by atoms with Gasteiger partial charge in [0.2, 0.25) is 11.8 Å². The summed E-state index contributed by atoms with van der Waals surface area (Å²) >= 11 is 0. The molecule has 2 amide bonds. The van der Waals surface area contributed by atoms with Crippen LogP contribution < -0.4 is 9.64 Å². The van der Waals surface area contributed by atoms with E-state index in [1.807, 2.05) is 38.1 Å². The third-order valence-corrected chi connectivity index (χ3v) is 9.29. The molecule has 3 heterocycles. The number of hydrogen-bond acceptors (Lipinski definition) is 6. The van der Waals surface area contributed by atoms with E-state index in [1.165, 1.54) is 4.90 Å². The highest BCUT2D eigenvalue weighted by atomic mass is 16.6. The van der Waals surface area contributed by atoms with Crippen molar-refractivity contribution in [2.75, 3.05) is 18.6 Å². The van der Waals surface area contributed by atoms with Crippen molar-refractivity contribution in [2.24, 2.45) is 11.8 Å². The van der Waals surface area contributed by atoms with E-state index in [0.29, 0.717) is 52.7 Å². The summed E-state index contributed by atoms with van der Waals surface area (Å²) < 4.78 is 18.9. The Morgan fingerprint density at radius 1 is 1.07 bits per heavy atom. The van der Waals surface area contributed by atoms with Gasteiger partial charge in [-0.1, -0.05) is 43.3 Å². The van der Waals surface area contributed by atoms with Gasteiger partial charge in [-0.05, 0) is 37.6 Å². The van der Waals surface area contributed by atoms with E-state index in [9.17, 15) is 14.9 Å². The number of hydrogen-bond donors (Lipinski definition) is 0. The van der Waals surface area contributed by atoms with Gasteiger partial charge < -0.3 is 14.2 Å². The molecule has 202 valence electrons. The summed E-state index contributed by atoms with van der Waals surface area (Å²) in [6.45, 7) is 11.3. The summed E-state index contributed by atoms with van der Waals surface area (Å²) in [6, 6.07) is 19.8. The lowest BCUT2D eigenvalue weighted by Crippen LogP contribution is -2.59. The van der Waals surface area contributed by atoms with E-state index in [2.05, 4.69) is 10.9 Å². The summed E-state index contributed by atoms with van der Waals surface area (Å²) in [6.07, 6.45) is 1.34. The minimum atomic E-state index is -0.979. The lowest BCUT2D eigenvalue weighted by molar-refractivity contribution is -0.160. The van der Waals surface area contributed by atoms with Gasteiger partial charge in [0.25, 0.3) is 0 Å². The van der Waals surface area contributed by atoms with Gasteiger partial charge in [-0.2, -0.15) is 5.26 Å². The summed E-state index contributed by atoms with van der Waals surface area (Å²) in [5.74, 6) is -1.37. The number of carbonyl (C=O) groups is 2. The number of methoxy groups -OCH3 is 1. The lowest BCUT2D eigenvalue weighted by atomic mass is 9.59. The molecule has 2 unspecified atom stereocenters. The Labute approximate surface area is 232 Å². The third-order valence-electron chi connectivity index (χ3n) is 9.29. The number of nitriles is 1. The van der Waals surface area contributed by atoms with Crippen LogP contribution in [-0.4, -0.2) is 42.3 Å². The largest absolute Gasteiger partial charge is 0.494 e. The topological polar surface area (TPSA) is 93.2 Å². The smallest absolute Gasteiger partial charge is 0.240 e. The Hall–Kier alpha value is -4.24. The number of anilines is 1.